The van der Waals surface area contributed by atoms with E-state index in [4.69, 9.17) is 21.7 Å². The summed E-state index contributed by atoms with van der Waals surface area (Å²) in [5, 5.41) is 16.9. The fraction of sp³-hybridized carbons (Fsp3) is 0.800. The third-order valence-electron chi connectivity index (χ3n) is 2.36. The molecule has 1 rings (SSSR count). The first-order chi connectivity index (χ1) is 8.79. The zero-order chi connectivity index (χ0) is 15.1. The number of hydrogen-bond donors (Lipinski definition) is 4. The van der Waals surface area contributed by atoms with Crippen LogP contribution in [0.25, 0.3) is 0 Å². The summed E-state index contributed by atoms with van der Waals surface area (Å²) in [6.45, 7) is 0. The largest absolute Gasteiger partial charge is 0.480 e. The molecule has 1 saturated heterocycles. The van der Waals surface area contributed by atoms with Gasteiger partial charge in [0.15, 0.2) is 0 Å². The maximum atomic E-state index is 10.4. The topological polar surface area (TPSA) is 127 Å². The summed E-state index contributed by atoms with van der Waals surface area (Å²) in [6.07, 6.45) is 4.45. The molecule has 0 saturated carbocycles. The Morgan fingerprint density at radius 1 is 1.37 bits per heavy atom. The Labute approximate surface area is 127 Å². The van der Waals surface area contributed by atoms with Gasteiger partial charge in [-0.1, -0.05) is 0 Å². The standard InChI is InChI=1S/C5H9NO2SSe.C5H11NO2S/c1-9-2-3-5(6,10-3)4(7)8;1-9-3-2-4(6)5(7)8/h3H,2,6H2,1H3,(H,7,8);4H,2-3,6H2,1H3,(H,7,8). The molecule has 1 heterocycles. The Balaban J connectivity index is 0.000000344. The number of rotatable bonds is 7. The van der Waals surface area contributed by atoms with Crippen molar-refractivity contribution in [1.29, 1.82) is 0 Å². The minimum Gasteiger partial charge on any atom is -0.480 e. The van der Waals surface area contributed by atoms with Gasteiger partial charge in [0.2, 0.25) is 0 Å². The number of nitrogens with two attached hydrogens (primary N) is 2. The van der Waals surface area contributed by atoms with Crippen LogP contribution in [0.1, 0.15) is 6.42 Å². The third-order valence-corrected chi connectivity index (χ3v) is 7.12. The number of hydrogen-bond acceptors (Lipinski definition) is 6. The monoisotopic (exact) mass is 376 g/mol. The van der Waals surface area contributed by atoms with E-state index in [0.29, 0.717) is 6.42 Å². The Hall–Kier alpha value is 0.0795. The summed E-state index contributed by atoms with van der Waals surface area (Å²) in [5.41, 5.74) is 10.7. The molecule has 0 amide bonds. The number of thioether (sulfide) groups is 2. The van der Waals surface area contributed by atoms with Crippen LogP contribution in [-0.4, -0.2) is 71.6 Å². The van der Waals surface area contributed by atoms with Crippen LogP contribution in [0.4, 0.5) is 0 Å². The van der Waals surface area contributed by atoms with Crippen LogP contribution in [0.5, 0.6) is 0 Å². The molecule has 0 radical (unpaired) electrons. The van der Waals surface area contributed by atoms with Crippen LogP contribution in [0, 0.1) is 0 Å². The first-order valence-corrected chi connectivity index (χ1v) is 10.1. The van der Waals surface area contributed by atoms with E-state index >= 15 is 0 Å². The van der Waals surface area contributed by atoms with Gasteiger partial charge in [0.05, 0.1) is 0 Å². The van der Waals surface area contributed by atoms with Crippen molar-refractivity contribution in [2.24, 2.45) is 11.5 Å². The predicted octanol–water partition coefficient (Wildman–Crippen LogP) is -0.253. The molecule has 0 aromatic heterocycles. The van der Waals surface area contributed by atoms with Gasteiger partial charge < -0.3 is 10.8 Å². The molecule has 3 unspecified atom stereocenters. The molecule has 0 bridgehead atoms. The molecular weight excluding hydrogens is 355 g/mol. The maximum absolute atomic E-state index is 10.4. The molecule has 0 spiro atoms. The van der Waals surface area contributed by atoms with Crippen LogP contribution in [-0.2, 0) is 9.59 Å². The van der Waals surface area contributed by atoms with E-state index in [-0.39, 0.29) is 19.8 Å². The molecule has 1 aliphatic rings. The van der Waals surface area contributed by atoms with Gasteiger partial charge >= 0.3 is 75.6 Å². The van der Waals surface area contributed by atoms with Crippen LogP contribution in [0.3, 0.4) is 0 Å². The first-order valence-electron chi connectivity index (χ1n) is 5.45. The van der Waals surface area contributed by atoms with E-state index in [9.17, 15) is 9.59 Å². The molecule has 0 aliphatic carbocycles. The van der Waals surface area contributed by atoms with E-state index in [1.54, 1.807) is 23.5 Å². The molecule has 3 atom stereocenters. The Kier molecular flexibility index (Phi) is 9.13. The van der Waals surface area contributed by atoms with Gasteiger partial charge in [0, 0.05) is 0 Å². The normalized spacial score (nSPS) is 26.0. The SMILES string of the molecule is CSCC1[Se]C1(N)C(=O)O.CSCCC(N)C(=O)O. The molecule has 19 heavy (non-hydrogen) atoms. The van der Waals surface area contributed by atoms with Gasteiger partial charge in [-0.15, -0.1) is 0 Å². The van der Waals surface area contributed by atoms with Gasteiger partial charge in [-0.05, 0) is 18.4 Å². The van der Waals surface area contributed by atoms with E-state index in [2.05, 4.69) is 0 Å². The molecular formula is C10H20N2O4S2Se. The van der Waals surface area contributed by atoms with Gasteiger partial charge in [-0.2, -0.15) is 11.8 Å². The summed E-state index contributed by atoms with van der Waals surface area (Å²) in [4.78, 5) is 20.8. The molecule has 1 aliphatic heterocycles. The Morgan fingerprint density at radius 2 is 1.95 bits per heavy atom. The van der Waals surface area contributed by atoms with Crippen molar-refractivity contribution in [2.75, 3.05) is 24.0 Å². The third kappa shape index (κ3) is 6.87. The number of carboxylic acid groups (broad SMARTS) is 2. The van der Waals surface area contributed by atoms with E-state index in [1.807, 2.05) is 12.5 Å². The average Bonchev–Trinajstić information content (AvgIpc) is 3.00. The summed E-state index contributed by atoms with van der Waals surface area (Å²) in [6, 6.07) is -0.683. The van der Waals surface area contributed by atoms with Crippen molar-refractivity contribution in [1.82, 2.24) is 0 Å². The molecule has 0 aromatic carbocycles. The van der Waals surface area contributed by atoms with Crippen LogP contribution < -0.4 is 11.5 Å². The van der Waals surface area contributed by atoms with Gasteiger partial charge in [0.25, 0.3) is 0 Å². The first kappa shape index (κ1) is 19.1. The molecule has 6 N–H and O–H groups in total. The summed E-state index contributed by atoms with van der Waals surface area (Å²) in [5.74, 6) is -0.0356. The molecule has 6 nitrogen and oxygen atoms in total. The number of carbonyl (C=O) groups is 2. The maximum Gasteiger partial charge on any atom is 0.320 e. The summed E-state index contributed by atoms with van der Waals surface area (Å²) >= 11 is 3.40. The minimum atomic E-state index is -0.913. The van der Waals surface area contributed by atoms with Gasteiger partial charge in [-0.25, -0.2) is 0 Å². The second kappa shape index (κ2) is 9.10. The van der Waals surface area contributed by atoms with Crippen LogP contribution in [0.15, 0.2) is 0 Å². The van der Waals surface area contributed by atoms with E-state index in [0.717, 1.165) is 11.5 Å². The van der Waals surface area contributed by atoms with Crippen molar-refractivity contribution >= 4 is 50.4 Å². The Morgan fingerprint density at radius 3 is 2.26 bits per heavy atom. The second-order valence-electron chi connectivity index (χ2n) is 3.89. The second-order valence-corrected chi connectivity index (χ2v) is 8.89. The number of carboxylic acids is 2. The molecule has 112 valence electrons. The van der Waals surface area contributed by atoms with Crippen molar-refractivity contribution in [3.05, 3.63) is 0 Å². The summed E-state index contributed by atoms with van der Waals surface area (Å²) < 4.78 is -0.823. The van der Waals surface area contributed by atoms with Gasteiger partial charge in [0.1, 0.15) is 6.04 Å². The van der Waals surface area contributed by atoms with Crippen molar-refractivity contribution in [2.45, 2.75) is 21.7 Å². The zero-order valence-electron chi connectivity index (χ0n) is 10.9. The zero-order valence-corrected chi connectivity index (χ0v) is 14.2. The molecule has 0 aromatic rings. The molecule has 1 fully saturated rings. The van der Waals surface area contributed by atoms with Crippen molar-refractivity contribution in [3.63, 3.8) is 0 Å². The molecule has 9 heteroatoms. The average molecular weight is 375 g/mol. The number of aliphatic carboxylic acids is 2. The van der Waals surface area contributed by atoms with E-state index < -0.39 is 22.4 Å². The van der Waals surface area contributed by atoms with Crippen molar-refractivity contribution < 1.29 is 19.8 Å². The van der Waals surface area contributed by atoms with E-state index in [1.165, 1.54) is 0 Å². The predicted molar refractivity (Wildman–Crippen MR) is 81.1 cm³/mol. The summed E-state index contributed by atoms with van der Waals surface area (Å²) in [7, 11) is 0. The smallest absolute Gasteiger partial charge is 0.320 e. The quantitative estimate of drug-likeness (QED) is 0.449. The van der Waals surface area contributed by atoms with Crippen molar-refractivity contribution in [3.8, 4) is 0 Å². The minimum absolute atomic E-state index is 0.127. The fourth-order valence-corrected chi connectivity index (χ4v) is 5.16. The van der Waals surface area contributed by atoms with Gasteiger partial charge in [-0.3, -0.25) is 4.79 Å². The van der Waals surface area contributed by atoms with Crippen LogP contribution >= 0.6 is 23.5 Å². The van der Waals surface area contributed by atoms with Crippen LogP contribution in [0.2, 0.25) is 4.82 Å². The Bertz CT molecular complexity index is 322. The fourth-order valence-electron chi connectivity index (χ4n) is 1.07.